The molecule has 4 heterocycles. The zero-order chi connectivity index (χ0) is 18.1. The van der Waals surface area contributed by atoms with Crippen molar-refractivity contribution in [1.82, 2.24) is 34.9 Å². The van der Waals surface area contributed by atoms with Crippen LogP contribution in [0, 0.1) is 6.92 Å². The van der Waals surface area contributed by atoms with E-state index >= 15 is 0 Å². The van der Waals surface area contributed by atoms with Gasteiger partial charge in [-0.3, -0.25) is 14.7 Å². The fourth-order valence-corrected chi connectivity index (χ4v) is 3.11. The van der Waals surface area contributed by atoms with Crippen LogP contribution in [0.5, 0.6) is 0 Å². The first kappa shape index (κ1) is 16.2. The zero-order valence-electron chi connectivity index (χ0n) is 14.2. The molecule has 0 aromatic carbocycles. The maximum Gasteiger partial charge on any atom is 0.286 e. The lowest BCUT2D eigenvalue weighted by molar-refractivity contribution is 0.0931. The van der Waals surface area contributed by atoms with Gasteiger partial charge in [0, 0.05) is 37.7 Å². The Hall–Kier alpha value is -3.30. The summed E-state index contributed by atoms with van der Waals surface area (Å²) in [5, 5.41) is 5.70. The number of amides is 1. The van der Waals surface area contributed by atoms with E-state index in [1.807, 2.05) is 4.90 Å². The van der Waals surface area contributed by atoms with E-state index in [2.05, 4.69) is 30.4 Å². The Labute approximate surface area is 148 Å². The molecule has 2 N–H and O–H groups in total. The second kappa shape index (κ2) is 6.54. The normalized spacial score (nSPS) is 17.4. The first-order valence-corrected chi connectivity index (χ1v) is 8.39. The number of aromatic nitrogens is 6. The van der Waals surface area contributed by atoms with Gasteiger partial charge in [0.1, 0.15) is 11.4 Å². The molecular weight excluding hydrogens is 336 g/mol. The smallest absolute Gasteiger partial charge is 0.286 e. The van der Waals surface area contributed by atoms with Gasteiger partial charge in [-0.25, -0.2) is 15.0 Å². The predicted octanol–water partition coefficient (Wildman–Crippen LogP) is -0.0852. The Balaban J connectivity index is 1.51. The number of H-pyrrole nitrogens is 1. The largest absolute Gasteiger partial charge is 0.347 e. The van der Waals surface area contributed by atoms with Crippen LogP contribution in [0.2, 0.25) is 0 Å². The first-order chi connectivity index (χ1) is 12.6. The number of aryl methyl sites for hydroxylation is 1. The standard InChI is InChI=1S/C16H18N8O2/c1-10-20-16-19-8-12(14(26)24(16)22-10)13(25)21-11-4-2-7-23(9-11)15-17-5-3-6-18-15/h3,5-6,8,11H,2,4,7,9H2,1H3,(H,21,25)(H,19,20,22)/t11-/m1/s1. The number of carbonyl (C=O) groups excluding carboxylic acids is 1. The number of anilines is 1. The monoisotopic (exact) mass is 354 g/mol. The van der Waals surface area contributed by atoms with E-state index in [9.17, 15) is 9.59 Å². The highest BCUT2D eigenvalue weighted by atomic mass is 16.2. The summed E-state index contributed by atoms with van der Waals surface area (Å²) in [6.45, 7) is 3.14. The molecule has 0 aliphatic carbocycles. The molecule has 4 rings (SSSR count). The number of piperidine rings is 1. The van der Waals surface area contributed by atoms with Gasteiger partial charge in [-0.15, -0.1) is 0 Å². The summed E-state index contributed by atoms with van der Waals surface area (Å²) in [7, 11) is 0. The molecule has 10 heteroatoms. The van der Waals surface area contributed by atoms with Crippen molar-refractivity contribution >= 4 is 17.6 Å². The lowest BCUT2D eigenvalue weighted by atomic mass is 10.1. The van der Waals surface area contributed by atoms with Crippen molar-refractivity contribution in [1.29, 1.82) is 0 Å². The SMILES string of the molecule is Cc1nc2ncc(C(=O)N[C@@H]3CCCN(c4ncccn4)C3)c(=O)n2[nH]1. The molecule has 134 valence electrons. The van der Waals surface area contributed by atoms with E-state index in [1.165, 1.54) is 10.7 Å². The molecule has 1 aliphatic heterocycles. The Morgan fingerprint density at radius 2 is 2.12 bits per heavy atom. The lowest BCUT2D eigenvalue weighted by Crippen LogP contribution is -2.49. The summed E-state index contributed by atoms with van der Waals surface area (Å²) in [6, 6.07) is 1.67. The predicted molar refractivity (Wildman–Crippen MR) is 93.1 cm³/mol. The minimum absolute atomic E-state index is 0.0146. The quantitative estimate of drug-likeness (QED) is 0.674. The molecule has 3 aromatic heterocycles. The highest BCUT2D eigenvalue weighted by molar-refractivity contribution is 5.93. The second-order valence-corrected chi connectivity index (χ2v) is 6.23. The summed E-state index contributed by atoms with van der Waals surface area (Å²) < 4.78 is 1.18. The average molecular weight is 354 g/mol. The molecule has 10 nitrogen and oxygen atoms in total. The van der Waals surface area contributed by atoms with E-state index in [0.29, 0.717) is 18.3 Å². The van der Waals surface area contributed by atoms with Crippen LogP contribution in [-0.2, 0) is 0 Å². The maximum absolute atomic E-state index is 12.6. The Morgan fingerprint density at radius 3 is 2.92 bits per heavy atom. The molecule has 1 amide bonds. The molecule has 1 aliphatic rings. The van der Waals surface area contributed by atoms with E-state index in [-0.39, 0.29) is 17.4 Å². The summed E-state index contributed by atoms with van der Waals surface area (Å²) in [5.74, 6) is 1.000. The number of rotatable bonds is 3. The van der Waals surface area contributed by atoms with Crippen molar-refractivity contribution in [2.24, 2.45) is 0 Å². The number of fused-ring (bicyclic) bond motifs is 1. The van der Waals surface area contributed by atoms with E-state index in [1.54, 1.807) is 25.4 Å². The van der Waals surface area contributed by atoms with E-state index in [4.69, 9.17) is 0 Å². The van der Waals surface area contributed by atoms with Crippen LogP contribution in [0.15, 0.2) is 29.5 Å². The molecule has 1 atom stereocenters. The van der Waals surface area contributed by atoms with Crippen LogP contribution in [-0.4, -0.2) is 54.6 Å². The van der Waals surface area contributed by atoms with Crippen LogP contribution in [0.3, 0.4) is 0 Å². The molecule has 0 unspecified atom stereocenters. The van der Waals surface area contributed by atoms with Crippen molar-refractivity contribution in [3.05, 3.63) is 46.4 Å². The average Bonchev–Trinajstić information content (AvgIpc) is 3.04. The molecule has 0 spiro atoms. The molecule has 1 saturated heterocycles. The summed E-state index contributed by atoms with van der Waals surface area (Å²) in [4.78, 5) is 43.7. The van der Waals surface area contributed by atoms with Gasteiger partial charge in [0.15, 0.2) is 0 Å². The van der Waals surface area contributed by atoms with Gasteiger partial charge >= 0.3 is 0 Å². The summed E-state index contributed by atoms with van der Waals surface area (Å²) in [5.41, 5.74) is -0.480. The molecule has 3 aromatic rings. The van der Waals surface area contributed by atoms with E-state index < -0.39 is 11.5 Å². The van der Waals surface area contributed by atoms with Crippen molar-refractivity contribution < 1.29 is 4.79 Å². The topological polar surface area (TPSA) is 121 Å². The Bertz CT molecular complexity index is 996. The first-order valence-electron chi connectivity index (χ1n) is 8.39. The fraction of sp³-hybridized carbons (Fsp3) is 0.375. The van der Waals surface area contributed by atoms with Crippen LogP contribution >= 0.6 is 0 Å². The van der Waals surface area contributed by atoms with Crippen molar-refractivity contribution in [2.45, 2.75) is 25.8 Å². The molecule has 26 heavy (non-hydrogen) atoms. The minimum atomic E-state index is -0.466. The third-order valence-corrected chi connectivity index (χ3v) is 4.32. The van der Waals surface area contributed by atoms with Crippen molar-refractivity contribution in [3.8, 4) is 0 Å². The maximum atomic E-state index is 12.6. The Morgan fingerprint density at radius 1 is 1.31 bits per heavy atom. The molecular formula is C16H18N8O2. The minimum Gasteiger partial charge on any atom is -0.347 e. The number of nitrogens with zero attached hydrogens (tertiary/aromatic N) is 6. The fourth-order valence-electron chi connectivity index (χ4n) is 3.11. The third-order valence-electron chi connectivity index (χ3n) is 4.32. The van der Waals surface area contributed by atoms with Crippen LogP contribution < -0.4 is 15.8 Å². The lowest BCUT2D eigenvalue weighted by Gasteiger charge is -2.33. The van der Waals surface area contributed by atoms with Gasteiger partial charge in [-0.1, -0.05) is 0 Å². The van der Waals surface area contributed by atoms with Crippen LogP contribution in [0.1, 0.15) is 29.0 Å². The van der Waals surface area contributed by atoms with Gasteiger partial charge < -0.3 is 10.2 Å². The zero-order valence-corrected chi connectivity index (χ0v) is 14.2. The van der Waals surface area contributed by atoms with Gasteiger partial charge in [-0.05, 0) is 25.8 Å². The van der Waals surface area contributed by atoms with E-state index in [0.717, 1.165) is 19.4 Å². The Kier molecular flexibility index (Phi) is 4.07. The van der Waals surface area contributed by atoms with Crippen molar-refractivity contribution in [2.75, 3.05) is 18.0 Å². The number of hydrogen-bond donors (Lipinski definition) is 2. The highest BCUT2D eigenvalue weighted by Crippen LogP contribution is 2.15. The number of hydrogen-bond acceptors (Lipinski definition) is 7. The summed E-state index contributed by atoms with van der Waals surface area (Å²) in [6.07, 6.45) is 6.39. The van der Waals surface area contributed by atoms with Gasteiger partial charge in [0.25, 0.3) is 17.2 Å². The van der Waals surface area contributed by atoms with Crippen molar-refractivity contribution in [3.63, 3.8) is 0 Å². The summed E-state index contributed by atoms with van der Waals surface area (Å²) >= 11 is 0. The molecule has 1 fully saturated rings. The highest BCUT2D eigenvalue weighted by Gasteiger charge is 2.24. The van der Waals surface area contributed by atoms with Crippen LogP contribution in [0.4, 0.5) is 5.95 Å². The van der Waals surface area contributed by atoms with Gasteiger partial charge in [0.2, 0.25) is 5.95 Å². The number of nitrogens with one attached hydrogen (secondary N) is 2. The molecule has 0 radical (unpaired) electrons. The number of carbonyl (C=O) groups is 1. The molecule has 0 saturated carbocycles. The third kappa shape index (κ3) is 3.01. The van der Waals surface area contributed by atoms with Gasteiger partial charge in [0.05, 0.1) is 0 Å². The number of aromatic amines is 1. The molecule has 0 bridgehead atoms. The van der Waals surface area contributed by atoms with Gasteiger partial charge in [-0.2, -0.15) is 9.50 Å². The van der Waals surface area contributed by atoms with Crippen LogP contribution in [0.25, 0.3) is 5.78 Å². The second-order valence-electron chi connectivity index (χ2n) is 6.23.